The van der Waals surface area contributed by atoms with Gasteiger partial charge >= 0.3 is 0 Å². The first kappa shape index (κ1) is 10.7. The van der Waals surface area contributed by atoms with Gasteiger partial charge in [-0.25, -0.2) is 0 Å². The van der Waals surface area contributed by atoms with Gasteiger partial charge in [-0.15, -0.1) is 11.3 Å². The van der Waals surface area contributed by atoms with Gasteiger partial charge < -0.3 is 4.74 Å². The normalized spacial score (nSPS) is 9.92. The van der Waals surface area contributed by atoms with E-state index < -0.39 is 0 Å². The Hall–Kier alpha value is -0.410. The number of unbranched alkanes of at least 4 members (excludes halogenated alkanes) is 1. The van der Waals surface area contributed by atoms with E-state index in [2.05, 4.69) is 18.4 Å². The number of hydrogen-bond donors (Lipinski definition) is 0. The summed E-state index contributed by atoms with van der Waals surface area (Å²) < 4.78 is 5.39. The zero-order valence-corrected chi connectivity index (χ0v) is 9.42. The molecule has 72 valence electrons. The molecule has 0 aliphatic heterocycles. The summed E-state index contributed by atoms with van der Waals surface area (Å²) in [6.07, 6.45) is 3.03. The summed E-state index contributed by atoms with van der Waals surface area (Å²) in [4.78, 5) is 1.28. The molecule has 1 aromatic rings. The van der Waals surface area contributed by atoms with Crippen LogP contribution in [0.1, 0.15) is 24.6 Å². The summed E-state index contributed by atoms with van der Waals surface area (Å²) in [6.45, 7) is 2.91. The van der Waals surface area contributed by atoms with Gasteiger partial charge in [-0.2, -0.15) is 0 Å². The number of thiophene rings is 1. The highest BCUT2D eigenvalue weighted by Crippen LogP contribution is 2.10. The van der Waals surface area contributed by atoms with Gasteiger partial charge in [-0.3, -0.25) is 0 Å². The molecule has 0 unspecified atom stereocenters. The summed E-state index contributed by atoms with van der Waals surface area (Å²) in [6, 6.07) is 4.12. The van der Waals surface area contributed by atoms with Crippen LogP contribution in [0.15, 0.2) is 17.5 Å². The van der Waals surface area contributed by atoms with Crippen molar-refractivity contribution in [2.24, 2.45) is 0 Å². The molecule has 1 aromatic heterocycles. The largest absolute Gasteiger partial charge is 0.487 e. The van der Waals surface area contributed by atoms with Crippen molar-refractivity contribution in [3.05, 3.63) is 22.4 Å². The third-order valence-electron chi connectivity index (χ3n) is 1.66. The lowest BCUT2D eigenvalue weighted by Crippen LogP contribution is -2.05. The topological polar surface area (TPSA) is 9.23 Å². The van der Waals surface area contributed by atoms with E-state index in [1.165, 1.54) is 4.88 Å². The van der Waals surface area contributed by atoms with E-state index in [1.54, 1.807) is 11.3 Å². The van der Waals surface area contributed by atoms with Crippen molar-refractivity contribution in [2.45, 2.75) is 26.2 Å². The van der Waals surface area contributed by atoms with Crippen LogP contribution < -0.4 is 0 Å². The van der Waals surface area contributed by atoms with Crippen LogP contribution in [0.5, 0.6) is 0 Å². The first-order valence-electron chi connectivity index (χ1n) is 4.51. The average Bonchev–Trinajstić information content (AvgIpc) is 2.57. The van der Waals surface area contributed by atoms with E-state index in [-0.39, 0.29) is 0 Å². The Labute approximate surface area is 88.7 Å². The molecular weight excluding hydrogens is 200 g/mol. The SMILES string of the molecule is CCCCOC(=S)Cc1cccs1. The minimum absolute atomic E-state index is 0.718. The highest BCUT2D eigenvalue weighted by Gasteiger charge is 2.00. The molecule has 0 fully saturated rings. The quantitative estimate of drug-likeness (QED) is 0.548. The van der Waals surface area contributed by atoms with Crippen molar-refractivity contribution in [3.63, 3.8) is 0 Å². The molecule has 1 rings (SSSR count). The van der Waals surface area contributed by atoms with E-state index in [4.69, 9.17) is 17.0 Å². The van der Waals surface area contributed by atoms with Crippen molar-refractivity contribution in [1.29, 1.82) is 0 Å². The van der Waals surface area contributed by atoms with E-state index in [9.17, 15) is 0 Å². The summed E-state index contributed by atoms with van der Waals surface area (Å²) in [5.74, 6) is 0. The molecule has 0 saturated heterocycles. The van der Waals surface area contributed by atoms with Gasteiger partial charge in [0.1, 0.15) is 0 Å². The minimum atomic E-state index is 0.718. The summed E-state index contributed by atoms with van der Waals surface area (Å²) in [7, 11) is 0. The van der Waals surface area contributed by atoms with Crippen LogP contribution in [0.3, 0.4) is 0 Å². The lowest BCUT2D eigenvalue weighted by molar-refractivity contribution is 0.299. The third-order valence-corrected chi connectivity index (χ3v) is 2.80. The van der Waals surface area contributed by atoms with Gasteiger partial charge in [0, 0.05) is 4.88 Å². The van der Waals surface area contributed by atoms with Crippen molar-refractivity contribution in [1.82, 2.24) is 0 Å². The average molecular weight is 214 g/mol. The van der Waals surface area contributed by atoms with E-state index in [1.807, 2.05) is 6.07 Å². The first-order chi connectivity index (χ1) is 6.33. The summed E-state index contributed by atoms with van der Waals surface area (Å²) >= 11 is 6.82. The van der Waals surface area contributed by atoms with Crippen molar-refractivity contribution < 1.29 is 4.74 Å². The fraction of sp³-hybridized carbons (Fsp3) is 0.500. The zero-order chi connectivity index (χ0) is 9.52. The lowest BCUT2D eigenvalue weighted by Gasteiger charge is -2.04. The zero-order valence-electron chi connectivity index (χ0n) is 7.79. The van der Waals surface area contributed by atoms with Crippen LogP contribution in [0.2, 0.25) is 0 Å². The van der Waals surface area contributed by atoms with Gasteiger partial charge in [0.2, 0.25) is 0 Å². The Morgan fingerprint density at radius 3 is 3.08 bits per heavy atom. The van der Waals surface area contributed by atoms with Crippen LogP contribution >= 0.6 is 23.6 Å². The molecule has 0 aliphatic rings. The molecule has 0 aliphatic carbocycles. The Balaban J connectivity index is 2.18. The van der Waals surface area contributed by atoms with E-state index >= 15 is 0 Å². The van der Waals surface area contributed by atoms with Gasteiger partial charge in [-0.1, -0.05) is 19.4 Å². The molecule has 1 nitrogen and oxygen atoms in total. The Kier molecular flexibility index (Phi) is 5.01. The molecule has 0 atom stereocenters. The first-order valence-corrected chi connectivity index (χ1v) is 5.79. The molecule has 0 amide bonds. The number of hydrogen-bond acceptors (Lipinski definition) is 3. The molecule has 0 spiro atoms. The van der Waals surface area contributed by atoms with E-state index in [0.717, 1.165) is 30.9 Å². The Morgan fingerprint density at radius 1 is 1.62 bits per heavy atom. The predicted molar refractivity (Wildman–Crippen MR) is 61.5 cm³/mol. The molecule has 1 heterocycles. The standard InChI is InChI=1S/C10H14OS2/c1-2-3-6-11-10(12)8-9-5-4-7-13-9/h4-5,7H,2-3,6,8H2,1H3. The van der Waals surface area contributed by atoms with Crippen LogP contribution in [0.4, 0.5) is 0 Å². The molecule has 0 bridgehead atoms. The van der Waals surface area contributed by atoms with Gasteiger partial charge in [-0.05, 0) is 30.1 Å². The second-order valence-electron chi connectivity index (χ2n) is 2.83. The van der Waals surface area contributed by atoms with Crippen molar-refractivity contribution in [2.75, 3.05) is 6.61 Å². The van der Waals surface area contributed by atoms with Gasteiger partial charge in [0.25, 0.3) is 0 Å². The van der Waals surface area contributed by atoms with Gasteiger partial charge in [0.05, 0.1) is 13.0 Å². The fourth-order valence-electron chi connectivity index (χ4n) is 0.937. The van der Waals surface area contributed by atoms with Crippen LogP contribution in [0.25, 0.3) is 0 Å². The highest BCUT2D eigenvalue weighted by atomic mass is 32.1. The molecule has 3 heteroatoms. The predicted octanol–water partition coefficient (Wildman–Crippen LogP) is 3.43. The summed E-state index contributed by atoms with van der Waals surface area (Å²) in [5.41, 5.74) is 0. The fourth-order valence-corrected chi connectivity index (χ4v) is 1.97. The monoisotopic (exact) mass is 214 g/mol. The second kappa shape index (κ2) is 6.11. The molecule has 0 N–H and O–H groups in total. The third kappa shape index (κ3) is 4.39. The van der Waals surface area contributed by atoms with Crippen LogP contribution in [-0.2, 0) is 11.2 Å². The maximum absolute atomic E-state index is 5.39. The minimum Gasteiger partial charge on any atom is -0.487 e. The van der Waals surface area contributed by atoms with Crippen molar-refractivity contribution >= 4 is 28.6 Å². The Bertz CT molecular complexity index is 241. The maximum atomic E-state index is 5.39. The molecular formula is C10H14OS2. The number of rotatable bonds is 5. The summed E-state index contributed by atoms with van der Waals surface area (Å²) in [5, 5.41) is 2.78. The molecule has 0 aromatic carbocycles. The molecule has 13 heavy (non-hydrogen) atoms. The second-order valence-corrected chi connectivity index (χ2v) is 4.32. The molecule has 0 radical (unpaired) electrons. The molecule has 0 saturated carbocycles. The van der Waals surface area contributed by atoms with E-state index in [0.29, 0.717) is 0 Å². The smallest absolute Gasteiger partial charge is 0.164 e. The number of thiocarbonyl (C=S) groups is 1. The maximum Gasteiger partial charge on any atom is 0.164 e. The van der Waals surface area contributed by atoms with Crippen LogP contribution in [0, 0.1) is 0 Å². The van der Waals surface area contributed by atoms with Crippen molar-refractivity contribution in [3.8, 4) is 0 Å². The lowest BCUT2D eigenvalue weighted by atomic mass is 10.3. The highest BCUT2D eigenvalue weighted by molar-refractivity contribution is 7.80. The van der Waals surface area contributed by atoms with Crippen LogP contribution in [-0.4, -0.2) is 11.7 Å². The van der Waals surface area contributed by atoms with Gasteiger partial charge in [0.15, 0.2) is 5.05 Å². The number of ether oxygens (including phenoxy) is 1. The Morgan fingerprint density at radius 2 is 2.46 bits per heavy atom.